The number of carboxylic acid groups (broad SMARTS) is 1. The highest BCUT2D eigenvalue weighted by molar-refractivity contribution is 6.30. The summed E-state index contributed by atoms with van der Waals surface area (Å²) in [6, 6.07) is 11.9. The van der Waals surface area contributed by atoms with E-state index in [0.717, 1.165) is 11.1 Å². The molecule has 1 N–H and O–H groups in total. The van der Waals surface area contributed by atoms with Gasteiger partial charge in [0.15, 0.2) is 0 Å². The molecule has 0 spiro atoms. The summed E-state index contributed by atoms with van der Waals surface area (Å²) >= 11 is 6.04. The van der Waals surface area contributed by atoms with Gasteiger partial charge in [-0.1, -0.05) is 29.8 Å². The van der Waals surface area contributed by atoms with Crippen LogP contribution >= 0.6 is 11.6 Å². The molecule has 1 atom stereocenters. The van der Waals surface area contributed by atoms with Gasteiger partial charge in [0.2, 0.25) is 5.91 Å². The van der Waals surface area contributed by atoms with Crippen LogP contribution in [0.2, 0.25) is 5.02 Å². The van der Waals surface area contributed by atoms with E-state index in [4.69, 9.17) is 21.1 Å². The molecule has 0 bridgehead atoms. The van der Waals surface area contributed by atoms with Crippen molar-refractivity contribution >= 4 is 23.5 Å². The summed E-state index contributed by atoms with van der Waals surface area (Å²) < 4.78 is 11.4. The van der Waals surface area contributed by atoms with Crippen LogP contribution in [-0.2, 0) is 16.1 Å². The van der Waals surface area contributed by atoms with E-state index in [2.05, 4.69) is 0 Å². The number of hydrogen-bond donors (Lipinski definition) is 1. The monoisotopic (exact) mass is 415 g/mol. The maximum Gasteiger partial charge on any atom is 0.335 e. The number of halogens is 1. The van der Waals surface area contributed by atoms with E-state index in [1.165, 1.54) is 6.07 Å². The number of ether oxygens (including phenoxy) is 2. The minimum Gasteiger partial charge on any atom is -0.491 e. The number of fused-ring (bicyclic) bond motifs is 1. The molecule has 2 aromatic rings. The van der Waals surface area contributed by atoms with Gasteiger partial charge in [-0.3, -0.25) is 4.79 Å². The summed E-state index contributed by atoms with van der Waals surface area (Å²) in [5, 5.41) is 9.90. The Kier molecular flexibility index (Phi) is 5.74. The Bertz CT molecular complexity index is 908. The van der Waals surface area contributed by atoms with Crippen LogP contribution in [0.15, 0.2) is 42.5 Å². The maximum atomic E-state index is 13.4. The Morgan fingerprint density at radius 1 is 1.07 bits per heavy atom. The second-order valence-corrected chi connectivity index (χ2v) is 7.80. The zero-order chi connectivity index (χ0) is 20.4. The Hall–Kier alpha value is -2.57. The maximum absolute atomic E-state index is 13.4. The number of carbonyl (C=O) groups is 2. The number of carboxylic acids is 1. The average Bonchev–Trinajstić information content (AvgIpc) is 2.93. The SMILES string of the molecule is O=C(O)c1ccc2c(c1)OCC(c1ccc(Cl)cc1)N(C(=O)C1CCOCC1)C2. The smallest absolute Gasteiger partial charge is 0.335 e. The summed E-state index contributed by atoms with van der Waals surface area (Å²) in [6.45, 7) is 1.78. The predicted molar refractivity (Wildman–Crippen MR) is 107 cm³/mol. The third kappa shape index (κ3) is 4.23. The Morgan fingerprint density at radius 2 is 1.79 bits per heavy atom. The van der Waals surface area contributed by atoms with Crippen molar-refractivity contribution in [1.29, 1.82) is 0 Å². The fourth-order valence-corrected chi connectivity index (χ4v) is 4.00. The van der Waals surface area contributed by atoms with Gasteiger partial charge >= 0.3 is 5.97 Å². The number of benzene rings is 2. The van der Waals surface area contributed by atoms with Crippen molar-refractivity contribution in [2.45, 2.75) is 25.4 Å². The van der Waals surface area contributed by atoms with Gasteiger partial charge in [0.1, 0.15) is 12.4 Å². The first-order valence-corrected chi connectivity index (χ1v) is 10.0. The van der Waals surface area contributed by atoms with Gasteiger partial charge < -0.3 is 19.5 Å². The van der Waals surface area contributed by atoms with E-state index in [1.807, 2.05) is 17.0 Å². The molecule has 1 amide bonds. The first kappa shape index (κ1) is 19.7. The van der Waals surface area contributed by atoms with E-state index in [1.54, 1.807) is 24.3 Å². The molecule has 29 heavy (non-hydrogen) atoms. The Labute approximate surface area is 174 Å². The summed E-state index contributed by atoms with van der Waals surface area (Å²) in [5.41, 5.74) is 1.89. The van der Waals surface area contributed by atoms with Crippen molar-refractivity contribution in [3.8, 4) is 5.75 Å². The highest BCUT2D eigenvalue weighted by Crippen LogP contribution is 2.35. The normalized spacial score (nSPS) is 19.8. The van der Waals surface area contributed by atoms with Gasteiger partial charge in [-0.25, -0.2) is 4.79 Å². The molecule has 2 heterocycles. The number of rotatable bonds is 3. The minimum absolute atomic E-state index is 0.0759. The van der Waals surface area contributed by atoms with Gasteiger partial charge in [-0.05, 0) is 42.7 Å². The molecule has 2 aliphatic heterocycles. The highest BCUT2D eigenvalue weighted by Gasteiger charge is 2.34. The number of aromatic carboxylic acids is 1. The van der Waals surface area contributed by atoms with Gasteiger partial charge in [0, 0.05) is 29.7 Å². The second-order valence-electron chi connectivity index (χ2n) is 7.36. The van der Waals surface area contributed by atoms with Gasteiger partial charge in [0.05, 0.1) is 18.2 Å². The largest absolute Gasteiger partial charge is 0.491 e. The van der Waals surface area contributed by atoms with Crippen LogP contribution in [-0.4, -0.2) is 41.7 Å². The van der Waals surface area contributed by atoms with Gasteiger partial charge in [-0.15, -0.1) is 0 Å². The number of nitrogens with zero attached hydrogens (tertiary/aromatic N) is 1. The highest BCUT2D eigenvalue weighted by atomic mass is 35.5. The van der Waals surface area contributed by atoms with Crippen LogP contribution in [0.5, 0.6) is 5.75 Å². The molecule has 152 valence electrons. The predicted octanol–water partition coefficient (Wildman–Crippen LogP) is 3.93. The van der Waals surface area contributed by atoms with Crippen molar-refractivity contribution < 1.29 is 24.2 Å². The van der Waals surface area contributed by atoms with Crippen LogP contribution in [0.1, 0.15) is 40.4 Å². The molecule has 2 aromatic carbocycles. The first-order chi connectivity index (χ1) is 14.0. The van der Waals surface area contributed by atoms with Crippen molar-refractivity contribution in [2.24, 2.45) is 5.92 Å². The van der Waals surface area contributed by atoms with E-state index >= 15 is 0 Å². The van der Waals surface area contributed by atoms with Crippen LogP contribution in [0.4, 0.5) is 0 Å². The zero-order valence-corrected chi connectivity index (χ0v) is 16.6. The third-order valence-electron chi connectivity index (χ3n) is 5.54. The third-order valence-corrected chi connectivity index (χ3v) is 5.79. The fourth-order valence-electron chi connectivity index (χ4n) is 3.88. The van der Waals surface area contributed by atoms with Crippen LogP contribution in [0.3, 0.4) is 0 Å². The van der Waals surface area contributed by atoms with Crippen molar-refractivity contribution in [1.82, 2.24) is 4.90 Å². The summed E-state index contributed by atoms with van der Waals surface area (Å²) in [7, 11) is 0. The van der Waals surface area contributed by atoms with Crippen molar-refractivity contribution in [2.75, 3.05) is 19.8 Å². The molecular weight excluding hydrogens is 394 g/mol. The molecule has 2 aliphatic rings. The average molecular weight is 416 g/mol. The molecule has 6 nitrogen and oxygen atoms in total. The zero-order valence-electron chi connectivity index (χ0n) is 15.8. The fraction of sp³-hybridized carbons (Fsp3) is 0.364. The van der Waals surface area contributed by atoms with E-state index in [-0.39, 0.29) is 30.0 Å². The molecule has 1 saturated heterocycles. The molecule has 0 aromatic heterocycles. The van der Waals surface area contributed by atoms with Gasteiger partial charge in [0.25, 0.3) is 0 Å². The van der Waals surface area contributed by atoms with Crippen LogP contribution in [0.25, 0.3) is 0 Å². The molecular formula is C22H22ClNO5. The van der Waals surface area contributed by atoms with E-state index in [0.29, 0.717) is 43.4 Å². The van der Waals surface area contributed by atoms with Gasteiger partial charge in [-0.2, -0.15) is 0 Å². The molecule has 4 rings (SSSR count). The molecule has 0 radical (unpaired) electrons. The van der Waals surface area contributed by atoms with Crippen LogP contribution < -0.4 is 4.74 Å². The lowest BCUT2D eigenvalue weighted by molar-refractivity contribution is -0.142. The summed E-state index contributed by atoms with van der Waals surface area (Å²) in [6.07, 6.45) is 1.41. The second kappa shape index (κ2) is 8.43. The van der Waals surface area contributed by atoms with E-state index in [9.17, 15) is 14.7 Å². The quantitative estimate of drug-likeness (QED) is 0.822. The Morgan fingerprint density at radius 3 is 2.48 bits per heavy atom. The molecule has 1 fully saturated rings. The molecule has 7 heteroatoms. The number of amides is 1. The van der Waals surface area contributed by atoms with E-state index < -0.39 is 5.97 Å². The van der Waals surface area contributed by atoms with Crippen LogP contribution in [0, 0.1) is 5.92 Å². The molecule has 0 aliphatic carbocycles. The molecule has 0 saturated carbocycles. The molecule has 1 unspecified atom stereocenters. The standard InChI is InChI=1S/C22H22ClNO5/c23-18-5-3-14(4-6-18)19-13-29-20-11-16(22(26)27)1-2-17(20)12-24(19)21(25)15-7-9-28-10-8-15/h1-6,11,15,19H,7-10,12-13H2,(H,26,27). The topological polar surface area (TPSA) is 76.1 Å². The summed E-state index contributed by atoms with van der Waals surface area (Å²) in [4.78, 5) is 26.6. The summed E-state index contributed by atoms with van der Waals surface area (Å²) in [5.74, 6) is -0.512. The van der Waals surface area contributed by atoms with Crippen molar-refractivity contribution in [3.63, 3.8) is 0 Å². The first-order valence-electron chi connectivity index (χ1n) is 9.65. The minimum atomic E-state index is -1.01. The lowest BCUT2D eigenvalue weighted by Crippen LogP contribution is -2.41. The lowest BCUT2D eigenvalue weighted by Gasteiger charge is -2.34. The van der Waals surface area contributed by atoms with Crippen molar-refractivity contribution in [3.05, 3.63) is 64.2 Å². The number of hydrogen-bond acceptors (Lipinski definition) is 4. The number of carbonyl (C=O) groups excluding carboxylic acids is 1. The Balaban J connectivity index is 1.69. The lowest BCUT2D eigenvalue weighted by atomic mass is 9.96.